The third kappa shape index (κ3) is 3.11. The minimum atomic E-state index is -1.02. The van der Waals surface area contributed by atoms with Crippen molar-refractivity contribution >= 4 is 23.4 Å². The Kier molecular flexibility index (Phi) is 3.82. The summed E-state index contributed by atoms with van der Waals surface area (Å²) >= 11 is 1.19. The smallest absolute Gasteiger partial charge is 0.336 e. The summed E-state index contributed by atoms with van der Waals surface area (Å²) < 4.78 is 0. The van der Waals surface area contributed by atoms with Crippen molar-refractivity contribution in [3.8, 4) is 0 Å². The Morgan fingerprint density at radius 1 is 1.16 bits per heavy atom. The average molecular weight is 275 g/mol. The number of hydrogen-bond acceptors (Lipinski definition) is 4. The predicted molar refractivity (Wildman–Crippen MR) is 70.6 cm³/mol. The van der Waals surface area contributed by atoms with Crippen LogP contribution in [0.25, 0.3) is 0 Å². The van der Waals surface area contributed by atoms with Crippen molar-refractivity contribution in [2.75, 3.05) is 0 Å². The molecule has 0 aliphatic heterocycles. The highest BCUT2D eigenvalue weighted by molar-refractivity contribution is 7.99. The number of aromatic carboxylic acids is 1. The second-order valence-electron chi connectivity index (χ2n) is 3.66. The summed E-state index contributed by atoms with van der Waals surface area (Å²) in [7, 11) is 0. The molecular formula is C13H9NO4S. The summed E-state index contributed by atoms with van der Waals surface area (Å²) in [5, 5.41) is 19.7. The van der Waals surface area contributed by atoms with Gasteiger partial charge < -0.3 is 5.11 Å². The van der Waals surface area contributed by atoms with E-state index in [-0.39, 0.29) is 11.3 Å². The molecule has 0 heterocycles. The van der Waals surface area contributed by atoms with Gasteiger partial charge in [-0.25, -0.2) is 4.79 Å². The van der Waals surface area contributed by atoms with E-state index in [0.717, 1.165) is 0 Å². The summed E-state index contributed by atoms with van der Waals surface area (Å²) in [6.07, 6.45) is 0. The summed E-state index contributed by atoms with van der Waals surface area (Å²) in [6, 6.07) is 12.6. The van der Waals surface area contributed by atoms with Crippen LogP contribution >= 0.6 is 11.8 Å². The molecule has 2 rings (SSSR count). The topological polar surface area (TPSA) is 80.4 Å². The first-order valence-electron chi connectivity index (χ1n) is 5.32. The van der Waals surface area contributed by atoms with Crippen LogP contribution in [0.2, 0.25) is 0 Å². The molecule has 1 N–H and O–H groups in total. The Balaban J connectivity index is 2.34. The second kappa shape index (κ2) is 5.53. The molecule has 0 saturated carbocycles. The third-order valence-corrected chi connectivity index (χ3v) is 3.44. The zero-order valence-corrected chi connectivity index (χ0v) is 10.5. The van der Waals surface area contributed by atoms with Gasteiger partial charge in [-0.2, -0.15) is 0 Å². The van der Waals surface area contributed by atoms with Crippen LogP contribution in [0.15, 0.2) is 58.3 Å². The van der Waals surface area contributed by atoms with Gasteiger partial charge in [0, 0.05) is 21.9 Å². The molecule has 6 heteroatoms. The average Bonchev–Trinajstić information content (AvgIpc) is 2.39. The van der Waals surface area contributed by atoms with E-state index in [1.807, 2.05) is 0 Å². The number of carboxylic acid groups (broad SMARTS) is 1. The van der Waals surface area contributed by atoms with Crippen LogP contribution in [-0.2, 0) is 0 Å². The number of rotatable bonds is 4. The fourth-order valence-electron chi connectivity index (χ4n) is 1.52. The number of hydrogen-bond donors (Lipinski definition) is 1. The molecule has 0 unspecified atom stereocenters. The van der Waals surface area contributed by atoms with Gasteiger partial charge >= 0.3 is 5.97 Å². The van der Waals surface area contributed by atoms with E-state index in [1.54, 1.807) is 30.3 Å². The molecule has 0 spiro atoms. The highest BCUT2D eigenvalue weighted by Gasteiger charge is 2.12. The van der Waals surface area contributed by atoms with Crippen LogP contribution in [0.4, 0.5) is 5.69 Å². The maximum atomic E-state index is 11.1. The van der Waals surface area contributed by atoms with E-state index in [0.29, 0.717) is 9.79 Å². The minimum absolute atomic E-state index is 0.0159. The Hall–Kier alpha value is -2.34. The monoisotopic (exact) mass is 275 g/mol. The van der Waals surface area contributed by atoms with Crippen LogP contribution in [0.1, 0.15) is 10.4 Å². The molecule has 0 radical (unpaired) electrons. The molecule has 2 aromatic rings. The number of carbonyl (C=O) groups is 1. The van der Waals surface area contributed by atoms with Crippen molar-refractivity contribution in [1.29, 1.82) is 0 Å². The zero-order chi connectivity index (χ0) is 13.8. The molecule has 2 aromatic carbocycles. The fourth-order valence-corrected chi connectivity index (χ4v) is 2.51. The highest BCUT2D eigenvalue weighted by atomic mass is 32.2. The first kappa shape index (κ1) is 13.1. The highest BCUT2D eigenvalue weighted by Crippen LogP contribution is 2.32. The summed E-state index contributed by atoms with van der Waals surface area (Å²) in [6.45, 7) is 0. The van der Waals surface area contributed by atoms with Crippen LogP contribution < -0.4 is 0 Å². The lowest BCUT2D eigenvalue weighted by Crippen LogP contribution is -1.98. The van der Waals surface area contributed by atoms with Crippen LogP contribution in [0, 0.1) is 10.1 Å². The molecule has 0 aliphatic rings. The normalized spacial score (nSPS) is 10.1. The van der Waals surface area contributed by atoms with Gasteiger partial charge in [-0.15, -0.1) is 0 Å². The summed E-state index contributed by atoms with van der Waals surface area (Å²) in [5.74, 6) is -1.02. The number of carboxylic acids is 1. The van der Waals surface area contributed by atoms with Crippen molar-refractivity contribution in [3.63, 3.8) is 0 Å². The van der Waals surface area contributed by atoms with Crippen molar-refractivity contribution in [2.24, 2.45) is 0 Å². The second-order valence-corrected chi connectivity index (χ2v) is 4.77. The van der Waals surface area contributed by atoms with E-state index in [4.69, 9.17) is 5.11 Å². The number of nitro groups is 1. The molecular weight excluding hydrogens is 266 g/mol. The first-order chi connectivity index (χ1) is 9.08. The molecule has 0 atom stereocenters. The van der Waals surface area contributed by atoms with E-state index >= 15 is 0 Å². The lowest BCUT2D eigenvalue weighted by molar-refractivity contribution is -0.385. The largest absolute Gasteiger partial charge is 0.478 e. The van der Waals surface area contributed by atoms with E-state index in [2.05, 4.69) is 0 Å². The molecule has 5 nitrogen and oxygen atoms in total. The van der Waals surface area contributed by atoms with E-state index in [1.165, 1.54) is 30.0 Å². The Bertz CT molecular complexity index is 642. The number of nitrogens with zero attached hydrogens (tertiary/aromatic N) is 1. The van der Waals surface area contributed by atoms with Gasteiger partial charge in [-0.05, 0) is 18.2 Å². The fraction of sp³-hybridized carbons (Fsp3) is 0. The van der Waals surface area contributed by atoms with Crippen molar-refractivity contribution in [1.82, 2.24) is 0 Å². The molecule has 96 valence electrons. The minimum Gasteiger partial charge on any atom is -0.478 e. The maximum Gasteiger partial charge on any atom is 0.336 e. The Morgan fingerprint density at radius 3 is 2.58 bits per heavy atom. The SMILES string of the molecule is O=C(O)c1ccccc1Sc1cccc([N+](=O)[O-])c1. The molecule has 0 aliphatic carbocycles. The van der Waals surface area contributed by atoms with Crippen molar-refractivity contribution in [3.05, 3.63) is 64.2 Å². The van der Waals surface area contributed by atoms with Gasteiger partial charge in [0.25, 0.3) is 5.69 Å². The van der Waals surface area contributed by atoms with Gasteiger partial charge in [0.05, 0.1) is 10.5 Å². The summed E-state index contributed by atoms with van der Waals surface area (Å²) in [4.78, 5) is 22.4. The molecule has 0 saturated heterocycles. The third-order valence-electron chi connectivity index (χ3n) is 2.37. The van der Waals surface area contributed by atoms with Crippen LogP contribution in [0.3, 0.4) is 0 Å². The molecule has 0 bridgehead atoms. The number of benzene rings is 2. The van der Waals surface area contributed by atoms with Gasteiger partial charge in [0.1, 0.15) is 0 Å². The number of nitro benzene ring substituents is 1. The predicted octanol–water partition coefficient (Wildman–Crippen LogP) is 3.44. The van der Waals surface area contributed by atoms with Crippen LogP contribution in [-0.4, -0.2) is 16.0 Å². The van der Waals surface area contributed by atoms with E-state index in [9.17, 15) is 14.9 Å². The van der Waals surface area contributed by atoms with Crippen LogP contribution in [0.5, 0.6) is 0 Å². The molecule has 0 fully saturated rings. The van der Waals surface area contributed by atoms with Gasteiger partial charge in [-0.3, -0.25) is 10.1 Å². The summed E-state index contributed by atoms with van der Waals surface area (Å²) in [5.41, 5.74) is 0.164. The number of non-ortho nitro benzene ring substituents is 1. The van der Waals surface area contributed by atoms with Crippen molar-refractivity contribution in [2.45, 2.75) is 9.79 Å². The lowest BCUT2D eigenvalue weighted by Gasteiger charge is -2.05. The molecule has 19 heavy (non-hydrogen) atoms. The van der Waals surface area contributed by atoms with Crippen molar-refractivity contribution < 1.29 is 14.8 Å². The molecule has 0 aromatic heterocycles. The lowest BCUT2D eigenvalue weighted by atomic mass is 10.2. The maximum absolute atomic E-state index is 11.1. The quantitative estimate of drug-likeness (QED) is 0.682. The van der Waals surface area contributed by atoms with E-state index < -0.39 is 10.9 Å². The van der Waals surface area contributed by atoms with Gasteiger partial charge in [0.15, 0.2) is 0 Å². The van der Waals surface area contributed by atoms with Gasteiger partial charge in [0.2, 0.25) is 0 Å². The Labute approximate surface area is 113 Å². The Morgan fingerprint density at radius 2 is 1.89 bits per heavy atom. The zero-order valence-electron chi connectivity index (χ0n) is 9.65. The first-order valence-corrected chi connectivity index (χ1v) is 6.14. The van der Waals surface area contributed by atoms with Gasteiger partial charge in [-0.1, -0.05) is 30.0 Å². The molecule has 0 amide bonds. The standard InChI is InChI=1S/C13H9NO4S/c15-13(16)11-6-1-2-7-12(11)19-10-5-3-4-9(8-10)14(17)18/h1-8H,(H,15,16).